The molecule has 1 aromatic carbocycles. The molecule has 0 saturated carbocycles. The molecule has 4 nitrogen and oxygen atoms in total. The van der Waals surface area contributed by atoms with Crippen molar-refractivity contribution in [3.8, 4) is 0 Å². The Bertz CT molecular complexity index is 523. The minimum atomic E-state index is -0.411. The number of nitrogens with zero attached hydrogens (tertiary/aromatic N) is 2. The first-order chi connectivity index (χ1) is 9.34. The van der Waals surface area contributed by atoms with E-state index < -0.39 is 5.38 Å². The van der Waals surface area contributed by atoms with Gasteiger partial charge in [-0.1, -0.05) is 30.3 Å². The van der Waals surface area contributed by atoms with Crippen molar-refractivity contribution in [1.82, 2.24) is 10.2 Å². The van der Waals surface area contributed by atoms with E-state index in [0.717, 1.165) is 31.4 Å². The summed E-state index contributed by atoms with van der Waals surface area (Å²) in [4.78, 5) is 0. The van der Waals surface area contributed by atoms with E-state index in [4.69, 9.17) is 20.8 Å². The van der Waals surface area contributed by atoms with Gasteiger partial charge in [-0.25, -0.2) is 0 Å². The first-order valence-corrected chi connectivity index (χ1v) is 6.92. The van der Waals surface area contributed by atoms with Crippen LogP contribution in [-0.4, -0.2) is 16.8 Å². The smallest absolute Gasteiger partial charge is 0.245 e. The van der Waals surface area contributed by atoms with Gasteiger partial charge >= 0.3 is 0 Å². The fourth-order valence-corrected chi connectivity index (χ4v) is 2.41. The molecule has 0 aliphatic carbocycles. The normalized spacial score (nSPS) is 21.2. The van der Waals surface area contributed by atoms with Crippen molar-refractivity contribution >= 4 is 11.6 Å². The summed E-state index contributed by atoms with van der Waals surface area (Å²) in [5.41, 5.74) is 0.948. The van der Waals surface area contributed by atoms with Gasteiger partial charge in [-0.15, -0.1) is 21.8 Å². The largest absolute Gasteiger partial charge is 0.420 e. The summed E-state index contributed by atoms with van der Waals surface area (Å²) in [7, 11) is 0. The molecule has 1 aromatic heterocycles. The molecule has 2 atom stereocenters. The molecule has 3 rings (SSSR count). The second-order valence-corrected chi connectivity index (χ2v) is 5.04. The summed E-state index contributed by atoms with van der Waals surface area (Å²) in [6, 6.07) is 9.71. The summed E-state index contributed by atoms with van der Waals surface area (Å²) in [6.45, 7) is 0.755. The zero-order chi connectivity index (χ0) is 13.1. The Morgan fingerprint density at radius 3 is 2.74 bits per heavy atom. The van der Waals surface area contributed by atoms with E-state index in [2.05, 4.69) is 10.2 Å². The molecular formula is C14H15ClN2O2. The third kappa shape index (κ3) is 2.80. The average molecular weight is 279 g/mol. The van der Waals surface area contributed by atoms with Crippen molar-refractivity contribution in [2.24, 2.45) is 0 Å². The van der Waals surface area contributed by atoms with Gasteiger partial charge in [0.1, 0.15) is 11.5 Å². The van der Waals surface area contributed by atoms with Crippen molar-refractivity contribution in [3.05, 3.63) is 47.7 Å². The molecule has 0 N–H and O–H groups in total. The van der Waals surface area contributed by atoms with Crippen LogP contribution in [0.2, 0.25) is 0 Å². The molecule has 0 bridgehead atoms. The highest BCUT2D eigenvalue weighted by Crippen LogP contribution is 2.31. The fourth-order valence-electron chi connectivity index (χ4n) is 2.18. The number of ether oxygens (including phenoxy) is 1. The van der Waals surface area contributed by atoms with Gasteiger partial charge in [-0.2, -0.15) is 0 Å². The Labute approximate surface area is 116 Å². The number of aromatic nitrogens is 2. The number of hydrogen-bond acceptors (Lipinski definition) is 4. The highest BCUT2D eigenvalue weighted by molar-refractivity contribution is 6.22. The molecule has 0 radical (unpaired) electrons. The first kappa shape index (κ1) is 12.6. The zero-order valence-electron chi connectivity index (χ0n) is 10.5. The van der Waals surface area contributed by atoms with Crippen LogP contribution >= 0.6 is 11.6 Å². The molecule has 1 saturated heterocycles. The number of hydrogen-bond donors (Lipinski definition) is 0. The van der Waals surface area contributed by atoms with Gasteiger partial charge in [0.05, 0.1) is 0 Å². The monoisotopic (exact) mass is 278 g/mol. The fraction of sp³-hybridized carbons (Fsp3) is 0.429. The Morgan fingerprint density at radius 2 is 2.00 bits per heavy atom. The van der Waals surface area contributed by atoms with E-state index >= 15 is 0 Å². The van der Waals surface area contributed by atoms with Crippen molar-refractivity contribution in [1.29, 1.82) is 0 Å². The number of alkyl halides is 1. The molecule has 0 amide bonds. The van der Waals surface area contributed by atoms with Crippen molar-refractivity contribution in [2.45, 2.75) is 30.7 Å². The highest BCUT2D eigenvalue weighted by atomic mass is 35.5. The van der Waals surface area contributed by atoms with Crippen molar-refractivity contribution in [3.63, 3.8) is 0 Å². The van der Waals surface area contributed by atoms with E-state index in [0.29, 0.717) is 11.8 Å². The third-order valence-corrected chi connectivity index (χ3v) is 3.66. The Hall–Kier alpha value is -1.39. The number of rotatable bonds is 3. The summed E-state index contributed by atoms with van der Waals surface area (Å²) < 4.78 is 11.3. The van der Waals surface area contributed by atoms with Gasteiger partial charge in [0.25, 0.3) is 0 Å². The number of halogens is 1. The van der Waals surface area contributed by atoms with E-state index in [9.17, 15) is 0 Å². The average Bonchev–Trinajstić information content (AvgIpc) is 2.98. The molecule has 1 fully saturated rings. The van der Waals surface area contributed by atoms with Crippen molar-refractivity contribution in [2.75, 3.05) is 6.61 Å². The van der Waals surface area contributed by atoms with Crippen LogP contribution in [0.1, 0.15) is 48.1 Å². The minimum Gasteiger partial charge on any atom is -0.420 e. The second kappa shape index (κ2) is 5.72. The molecule has 2 aromatic rings. The van der Waals surface area contributed by atoms with E-state index in [1.807, 2.05) is 30.3 Å². The molecule has 5 heteroatoms. The molecule has 1 aliphatic heterocycles. The zero-order valence-corrected chi connectivity index (χ0v) is 11.2. The lowest BCUT2D eigenvalue weighted by Crippen LogP contribution is -2.11. The van der Waals surface area contributed by atoms with Crippen LogP contribution in [0.15, 0.2) is 34.7 Å². The lowest BCUT2D eigenvalue weighted by Gasteiger charge is -2.18. The molecule has 2 unspecified atom stereocenters. The van der Waals surface area contributed by atoms with E-state index in [-0.39, 0.29) is 6.10 Å². The lowest BCUT2D eigenvalue weighted by molar-refractivity contribution is -0.00207. The summed E-state index contributed by atoms with van der Waals surface area (Å²) in [6.07, 6.45) is 3.08. The van der Waals surface area contributed by atoms with Gasteiger partial charge in [0.15, 0.2) is 0 Å². The highest BCUT2D eigenvalue weighted by Gasteiger charge is 2.24. The van der Waals surface area contributed by atoms with E-state index in [1.165, 1.54) is 0 Å². The first-order valence-electron chi connectivity index (χ1n) is 6.48. The summed E-state index contributed by atoms with van der Waals surface area (Å²) >= 11 is 6.35. The molecular weight excluding hydrogens is 264 g/mol. The maximum atomic E-state index is 6.35. The molecule has 2 heterocycles. The second-order valence-electron chi connectivity index (χ2n) is 4.61. The predicted octanol–water partition coefficient (Wildman–Crippen LogP) is 3.64. The Kier molecular flexibility index (Phi) is 3.80. The maximum Gasteiger partial charge on any atom is 0.245 e. The van der Waals surface area contributed by atoms with Crippen LogP contribution in [0.25, 0.3) is 0 Å². The standard InChI is InChI=1S/C14H15ClN2O2/c15-12(10-6-2-1-3-7-10)14-17-16-13(19-14)11-8-4-5-9-18-11/h1-3,6-7,11-12H,4-5,8-9H2. The third-order valence-electron chi connectivity index (χ3n) is 3.22. The van der Waals surface area contributed by atoms with Gasteiger partial charge < -0.3 is 9.15 Å². The van der Waals surface area contributed by atoms with E-state index in [1.54, 1.807) is 0 Å². The van der Waals surface area contributed by atoms with Crippen LogP contribution < -0.4 is 0 Å². The Balaban J connectivity index is 1.77. The van der Waals surface area contributed by atoms with Crippen LogP contribution in [0.3, 0.4) is 0 Å². The van der Waals surface area contributed by atoms with Crippen LogP contribution in [-0.2, 0) is 4.74 Å². The van der Waals surface area contributed by atoms with Gasteiger partial charge in [-0.3, -0.25) is 0 Å². The number of benzene rings is 1. The Morgan fingerprint density at radius 1 is 1.16 bits per heavy atom. The molecule has 19 heavy (non-hydrogen) atoms. The SMILES string of the molecule is ClC(c1ccccc1)c1nnc(C2CCCCO2)o1. The van der Waals surface area contributed by atoms with Gasteiger partial charge in [0, 0.05) is 6.61 Å². The molecule has 1 aliphatic rings. The van der Waals surface area contributed by atoms with Crippen molar-refractivity contribution < 1.29 is 9.15 Å². The van der Waals surface area contributed by atoms with Gasteiger partial charge in [-0.05, 0) is 24.8 Å². The summed E-state index contributed by atoms with van der Waals surface area (Å²) in [5.74, 6) is 0.966. The predicted molar refractivity (Wildman–Crippen MR) is 71.0 cm³/mol. The van der Waals surface area contributed by atoms with Crippen LogP contribution in [0, 0.1) is 0 Å². The molecule has 0 spiro atoms. The van der Waals surface area contributed by atoms with Crippen LogP contribution in [0.4, 0.5) is 0 Å². The minimum absolute atomic E-state index is 0.0744. The summed E-state index contributed by atoms with van der Waals surface area (Å²) in [5, 5.41) is 7.69. The van der Waals surface area contributed by atoms with Crippen LogP contribution in [0.5, 0.6) is 0 Å². The molecule has 100 valence electrons. The lowest BCUT2D eigenvalue weighted by atomic mass is 10.1. The quantitative estimate of drug-likeness (QED) is 0.804. The topological polar surface area (TPSA) is 48.2 Å². The van der Waals surface area contributed by atoms with Gasteiger partial charge in [0.2, 0.25) is 11.8 Å². The maximum absolute atomic E-state index is 6.35.